The lowest BCUT2D eigenvalue weighted by Crippen LogP contribution is -2.47. The van der Waals surface area contributed by atoms with E-state index in [1.54, 1.807) is 12.1 Å². The number of ether oxygens (including phenoxy) is 3. The molecule has 0 aliphatic carbocycles. The Morgan fingerprint density at radius 2 is 1.97 bits per heavy atom. The number of aliphatic hydroxyl groups is 1. The van der Waals surface area contributed by atoms with Gasteiger partial charge in [-0.25, -0.2) is 0 Å². The van der Waals surface area contributed by atoms with Gasteiger partial charge in [-0.3, -0.25) is 0 Å². The molecule has 2 unspecified atom stereocenters. The van der Waals surface area contributed by atoms with E-state index in [1.165, 1.54) is 6.07 Å². The summed E-state index contributed by atoms with van der Waals surface area (Å²) in [7, 11) is 2.04. The predicted molar refractivity (Wildman–Crippen MR) is 124 cm³/mol. The highest BCUT2D eigenvalue weighted by molar-refractivity contribution is 5.31. The minimum atomic E-state index is -4.36. The van der Waals surface area contributed by atoms with Gasteiger partial charge in [-0.15, -0.1) is 0 Å². The summed E-state index contributed by atoms with van der Waals surface area (Å²) in [6.45, 7) is 8.13. The van der Waals surface area contributed by atoms with E-state index in [-0.39, 0.29) is 12.1 Å². The largest absolute Gasteiger partial charge is 0.495 e. The summed E-state index contributed by atoms with van der Waals surface area (Å²) in [6, 6.07) is 5.69. The predicted octanol–water partition coefficient (Wildman–Crippen LogP) is 5.17. The maximum atomic E-state index is 12.8. The van der Waals surface area contributed by atoms with Crippen molar-refractivity contribution in [2.45, 2.75) is 56.5 Å². The highest BCUT2D eigenvalue weighted by Crippen LogP contribution is 2.45. The van der Waals surface area contributed by atoms with Gasteiger partial charge in [0.25, 0.3) is 0 Å². The van der Waals surface area contributed by atoms with E-state index in [0.717, 1.165) is 30.7 Å². The number of hydrogen-bond acceptors (Lipinski definition) is 5. The SMILES string of the molecule is C=C(/C=C\C=C1/COCCO1)OCC.CN1C2CCC1CC(O)(c1cccc(C(F)(F)F)c1)C2. The second-order valence-electron chi connectivity index (χ2n) is 8.86. The van der Waals surface area contributed by atoms with Crippen LogP contribution in [0.15, 0.2) is 60.6 Å². The zero-order chi connectivity index (χ0) is 24.8. The minimum absolute atomic E-state index is 0.272. The number of hydrogen-bond donors (Lipinski definition) is 1. The zero-order valence-electron chi connectivity index (χ0n) is 19.8. The standard InChI is InChI=1S/C15H18F3NO.C11H16O3/c1-19-12-5-6-13(19)9-14(20,8-12)10-3-2-4-11(7-10)15(16,17)18;1-3-13-10(2)5-4-6-11-9-12-7-8-14-11/h2-4,7,12-13,20H,5-6,8-9H2,1H3;4-6H,2-3,7-9H2,1H3/b;5-4-,11-6+. The molecule has 3 saturated heterocycles. The monoisotopic (exact) mass is 481 g/mol. The van der Waals surface area contributed by atoms with E-state index in [9.17, 15) is 18.3 Å². The maximum absolute atomic E-state index is 12.8. The van der Waals surface area contributed by atoms with Crippen molar-refractivity contribution < 1.29 is 32.5 Å². The lowest BCUT2D eigenvalue weighted by Gasteiger charge is -2.42. The van der Waals surface area contributed by atoms with Gasteiger partial charge < -0.3 is 24.2 Å². The van der Waals surface area contributed by atoms with Crippen LogP contribution in [-0.2, 0) is 26.0 Å². The van der Waals surface area contributed by atoms with Gasteiger partial charge in [-0.05, 0) is 69.5 Å². The lowest BCUT2D eigenvalue weighted by atomic mass is 9.80. The Labute approximate surface area is 199 Å². The highest BCUT2D eigenvalue weighted by atomic mass is 19.4. The molecule has 0 amide bonds. The van der Waals surface area contributed by atoms with Gasteiger partial charge in [0.2, 0.25) is 0 Å². The first-order valence-corrected chi connectivity index (χ1v) is 11.6. The smallest absolute Gasteiger partial charge is 0.416 e. The van der Waals surface area contributed by atoms with Crippen molar-refractivity contribution in [3.05, 3.63) is 71.7 Å². The van der Waals surface area contributed by atoms with Crippen LogP contribution in [0.25, 0.3) is 0 Å². The molecule has 5 nitrogen and oxygen atoms in total. The fourth-order valence-corrected chi connectivity index (χ4v) is 4.70. The van der Waals surface area contributed by atoms with Crippen LogP contribution in [0.2, 0.25) is 0 Å². The molecule has 0 saturated carbocycles. The third-order valence-electron chi connectivity index (χ3n) is 6.51. The molecule has 0 aromatic heterocycles. The van der Waals surface area contributed by atoms with Crippen LogP contribution < -0.4 is 0 Å². The number of allylic oxidation sites excluding steroid dienone is 3. The number of nitrogens with zero attached hydrogens (tertiary/aromatic N) is 1. The molecule has 4 rings (SSSR count). The van der Waals surface area contributed by atoms with Gasteiger partial charge in [0.05, 0.1) is 24.4 Å². The Balaban J connectivity index is 0.000000204. The molecule has 3 aliphatic rings. The molecule has 1 N–H and O–H groups in total. The van der Waals surface area contributed by atoms with Crippen molar-refractivity contribution in [3.8, 4) is 0 Å². The normalized spacial score (nSPS) is 28.4. The highest BCUT2D eigenvalue weighted by Gasteiger charge is 2.47. The summed E-state index contributed by atoms with van der Waals surface area (Å²) in [6.07, 6.45) is 4.21. The molecular formula is C26H34F3NO4. The Bertz CT molecular complexity index is 874. The van der Waals surface area contributed by atoms with Crippen LogP contribution >= 0.6 is 0 Å². The molecule has 3 aliphatic heterocycles. The molecule has 3 heterocycles. The van der Waals surface area contributed by atoms with E-state index in [2.05, 4.69) is 11.5 Å². The summed E-state index contributed by atoms with van der Waals surface area (Å²) < 4.78 is 54.1. The van der Waals surface area contributed by atoms with E-state index >= 15 is 0 Å². The second kappa shape index (κ2) is 11.4. The molecule has 2 atom stereocenters. The van der Waals surface area contributed by atoms with Gasteiger partial charge >= 0.3 is 6.18 Å². The van der Waals surface area contributed by atoms with Gasteiger partial charge in [-0.1, -0.05) is 24.8 Å². The van der Waals surface area contributed by atoms with E-state index in [1.807, 2.05) is 26.1 Å². The number of alkyl halides is 3. The molecule has 8 heteroatoms. The molecule has 1 aromatic rings. The fraction of sp³-hybridized carbons (Fsp3) is 0.538. The molecule has 188 valence electrons. The zero-order valence-corrected chi connectivity index (χ0v) is 19.8. The first-order valence-electron chi connectivity index (χ1n) is 11.6. The Kier molecular flexibility index (Phi) is 8.84. The van der Waals surface area contributed by atoms with Gasteiger partial charge in [0.1, 0.15) is 24.7 Å². The minimum Gasteiger partial charge on any atom is -0.495 e. The van der Waals surface area contributed by atoms with E-state index < -0.39 is 17.3 Å². The summed E-state index contributed by atoms with van der Waals surface area (Å²) in [5, 5.41) is 10.8. The van der Waals surface area contributed by atoms with Crippen LogP contribution in [0.4, 0.5) is 13.2 Å². The van der Waals surface area contributed by atoms with E-state index in [0.29, 0.717) is 50.6 Å². The molecule has 0 radical (unpaired) electrons. The first kappa shape index (κ1) is 26.3. The van der Waals surface area contributed by atoms with Crippen LogP contribution in [0.5, 0.6) is 0 Å². The Morgan fingerprint density at radius 1 is 1.26 bits per heavy atom. The number of piperidine rings is 1. The topological polar surface area (TPSA) is 51.2 Å². The van der Waals surface area contributed by atoms with Crippen LogP contribution in [-0.4, -0.2) is 55.6 Å². The Morgan fingerprint density at radius 3 is 2.56 bits per heavy atom. The Hall–Kier alpha value is -2.29. The first-order chi connectivity index (χ1) is 16.1. The quantitative estimate of drug-likeness (QED) is 0.464. The third kappa shape index (κ3) is 6.87. The molecule has 0 spiro atoms. The molecular weight excluding hydrogens is 447 g/mol. The third-order valence-corrected chi connectivity index (χ3v) is 6.51. The molecule has 1 aromatic carbocycles. The van der Waals surface area contributed by atoms with Crippen molar-refractivity contribution in [1.82, 2.24) is 4.90 Å². The number of benzene rings is 1. The number of rotatable bonds is 5. The van der Waals surface area contributed by atoms with Gasteiger partial charge in [0, 0.05) is 12.1 Å². The molecule has 34 heavy (non-hydrogen) atoms. The van der Waals surface area contributed by atoms with Crippen molar-refractivity contribution in [2.75, 3.05) is 33.5 Å². The summed E-state index contributed by atoms with van der Waals surface area (Å²) in [5.41, 5.74) is -1.41. The van der Waals surface area contributed by atoms with Gasteiger partial charge in [-0.2, -0.15) is 13.2 Å². The van der Waals surface area contributed by atoms with Crippen LogP contribution in [0.3, 0.4) is 0 Å². The summed E-state index contributed by atoms with van der Waals surface area (Å²) in [5.74, 6) is 1.50. The average molecular weight is 482 g/mol. The fourth-order valence-electron chi connectivity index (χ4n) is 4.70. The molecule has 2 bridgehead atoms. The summed E-state index contributed by atoms with van der Waals surface area (Å²) in [4.78, 5) is 2.25. The van der Waals surface area contributed by atoms with Crippen LogP contribution in [0.1, 0.15) is 43.7 Å². The maximum Gasteiger partial charge on any atom is 0.416 e. The number of halogens is 3. The second-order valence-corrected chi connectivity index (χ2v) is 8.86. The van der Waals surface area contributed by atoms with Crippen LogP contribution in [0, 0.1) is 0 Å². The van der Waals surface area contributed by atoms with Gasteiger partial charge in [0.15, 0.2) is 0 Å². The van der Waals surface area contributed by atoms with Crippen molar-refractivity contribution in [1.29, 1.82) is 0 Å². The van der Waals surface area contributed by atoms with Crippen molar-refractivity contribution in [2.24, 2.45) is 0 Å². The lowest BCUT2D eigenvalue weighted by molar-refractivity contribution is -0.137. The van der Waals surface area contributed by atoms with Crippen molar-refractivity contribution in [3.63, 3.8) is 0 Å². The number of fused-ring (bicyclic) bond motifs is 2. The van der Waals surface area contributed by atoms with E-state index in [4.69, 9.17) is 14.2 Å². The molecule has 3 fully saturated rings. The summed E-state index contributed by atoms with van der Waals surface area (Å²) >= 11 is 0. The van der Waals surface area contributed by atoms with Crippen molar-refractivity contribution >= 4 is 0 Å². The average Bonchev–Trinajstić information content (AvgIpc) is 3.02.